The predicted octanol–water partition coefficient (Wildman–Crippen LogP) is 2.26. The zero-order chi connectivity index (χ0) is 16.7. The Kier molecular flexibility index (Phi) is 3.39. The van der Waals surface area contributed by atoms with Gasteiger partial charge in [0.05, 0.1) is 10.9 Å². The Morgan fingerprint density at radius 1 is 1.08 bits per heavy atom. The number of thiazole rings is 1. The Hall–Kier alpha value is -2.99. The number of para-hydroxylation sites is 1. The van der Waals surface area contributed by atoms with Crippen molar-refractivity contribution >= 4 is 33.6 Å². The second-order valence-corrected chi connectivity index (χ2v) is 6.47. The fourth-order valence-electron chi connectivity index (χ4n) is 2.57. The molecule has 5 nitrogen and oxygen atoms in total. The first-order chi connectivity index (χ1) is 11.6. The fourth-order valence-corrected chi connectivity index (χ4v) is 3.50. The highest BCUT2D eigenvalue weighted by atomic mass is 32.1. The van der Waals surface area contributed by atoms with Gasteiger partial charge in [0.1, 0.15) is 4.88 Å². The van der Waals surface area contributed by atoms with Crippen molar-refractivity contribution in [1.82, 2.24) is 4.98 Å². The molecule has 1 aromatic heterocycles. The van der Waals surface area contributed by atoms with E-state index in [1.165, 1.54) is 11.3 Å². The number of aryl methyl sites for hydroxylation is 1. The molecule has 0 spiro atoms. The van der Waals surface area contributed by atoms with Crippen molar-refractivity contribution in [3.8, 4) is 5.88 Å². The molecule has 0 fully saturated rings. The van der Waals surface area contributed by atoms with E-state index in [-0.39, 0.29) is 11.8 Å². The highest BCUT2D eigenvalue weighted by molar-refractivity contribution is 7.17. The number of aromatic nitrogens is 1. The van der Waals surface area contributed by atoms with Gasteiger partial charge in [0, 0.05) is 10.9 Å². The van der Waals surface area contributed by atoms with Crippen LogP contribution in [-0.2, 0) is 4.79 Å². The molecule has 3 aromatic rings. The molecule has 0 aliphatic carbocycles. The van der Waals surface area contributed by atoms with Crippen molar-refractivity contribution in [2.45, 2.75) is 6.92 Å². The highest BCUT2D eigenvalue weighted by Gasteiger charge is 2.24. The van der Waals surface area contributed by atoms with Gasteiger partial charge in [0.15, 0.2) is 5.13 Å². The molecule has 0 radical (unpaired) electrons. The summed E-state index contributed by atoms with van der Waals surface area (Å²) in [5, 5.41) is 15.2. The van der Waals surface area contributed by atoms with E-state index >= 15 is 0 Å². The lowest BCUT2D eigenvalue weighted by atomic mass is 10.1. The zero-order valence-electron chi connectivity index (χ0n) is 12.8. The first kappa shape index (κ1) is 14.6. The van der Waals surface area contributed by atoms with Crippen LogP contribution in [0.4, 0.5) is 10.8 Å². The topological polar surface area (TPSA) is 74.6 Å². The summed E-state index contributed by atoms with van der Waals surface area (Å²) in [5.74, 6) is -0.512. The van der Waals surface area contributed by atoms with Crippen LogP contribution in [0, 0.1) is 6.92 Å². The minimum atomic E-state index is -0.350. The minimum absolute atomic E-state index is 0.162. The zero-order valence-corrected chi connectivity index (χ0v) is 13.6. The maximum Gasteiger partial charge on any atom is 0.279 e. The molecule has 0 saturated carbocycles. The molecule has 2 N–H and O–H groups in total. The standard InChI is InChI=1S/C18H13N3O2S/c1-10-6-8-11(9-7-10)19-18-21-17(23)15(24-18)14-12-4-2-3-5-13(12)20-16(14)22/h2-9,23H,1H3,(H,19,21). The number of aromatic hydroxyl groups is 1. The second-order valence-electron chi connectivity index (χ2n) is 5.47. The molecule has 24 heavy (non-hydrogen) atoms. The lowest BCUT2D eigenvalue weighted by Crippen LogP contribution is -2.22. The molecule has 0 saturated heterocycles. The third kappa shape index (κ3) is 2.47. The van der Waals surface area contributed by atoms with E-state index in [1.54, 1.807) is 6.07 Å². The van der Waals surface area contributed by atoms with E-state index in [1.807, 2.05) is 49.4 Å². The van der Waals surface area contributed by atoms with E-state index in [0.29, 0.717) is 20.9 Å². The molecule has 118 valence electrons. The van der Waals surface area contributed by atoms with Gasteiger partial charge in [-0.05, 0) is 25.1 Å². The van der Waals surface area contributed by atoms with Crippen molar-refractivity contribution in [1.29, 1.82) is 0 Å². The van der Waals surface area contributed by atoms with Crippen LogP contribution in [0.1, 0.15) is 10.4 Å². The number of benzene rings is 2. The number of carbonyl (C=O) groups is 1. The summed E-state index contributed by atoms with van der Waals surface area (Å²) in [5.41, 5.74) is 2.43. The molecular formula is C18H13N3O2S. The summed E-state index contributed by atoms with van der Waals surface area (Å²) >= 11 is 1.23. The van der Waals surface area contributed by atoms with Crippen molar-refractivity contribution in [2.75, 3.05) is 5.32 Å². The van der Waals surface area contributed by atoms with Crippen LogP contribution in [0.3, 0.4) is 0 Å². The lowest BCUT2D eigenvalue weighted by Gasteiger charge is -2.01. The van der Waals surface area contributed by atoms with Gasteiger partial charge in [-0.1, -0.05) is 47.2 Å². The number of amides is 1. The number of hydrogen-bond donors (Lipinski definition) is 2. The van der Waals surface area contributed by atoms with E-state index in [0.717, 1.165) is 16.5 Å². The maximum absolute atomic E-state index is 12.2. The van der Waals surface area contributed by atoms with Gasteiger partial charge >= 0.3 is 0 Å². The Morgan fingerprint density at radius 2 is 1.83 bits per heavy atom. The minimum Gasteiger partial charge on any atom is -0.492 e. The summed E-state index contributed by atoms with van der Waals surface area (Å²) in [6, 6.07) is 15.1. The van der Waals surface area contributed by atoms with E-state index in [2.05, 4.69) is 15.3 Å². The average Bonchev–Trinajstić information content (AvgIpc) is 3.08. The van der Waals surface area contributed by atoms with Crippen LogP contribution in [0.5, 0.6) is 5.88 Å². The Bertz CT molecular complexity index is 1070. The number of anilines is 2. The number of nitrogens with one attached hydrogen (secondary N) is 1. The number of nitrogens with zero attached hydrogens (tertiary/aromatic N) is 2. The van der Waals surface area contributed by atoms with Crippen LogP contribution in [0.2, 0.25) is 0 Å². The third-order valence-electron chi connectivity index (χ3n) is 3.75. The fraction of sp³-hybridized carbons (Fsp3) is 0.0556. The maximum atomic E-state index is 12.2. The van der Waals surface area contributed by atoms with Gasteiger partial charge in [0.2, 0.25) is 5.88 Å². The number of rotatable bonds is 3. The van der Waals surface area contributed by atoms with Crippen molar-refractivity contribution in [3.63, 3.8) is 0 Å². The van der Waals surface area contributed by atoms with Crippen LogP contribution in [-0.4, -0.2) is 16.0 Å². The van der Waals surface area contributed by atoms with Crippen LogP contribution < -0.4 is 15.9 Å². The summed E-state index contributed by atoms with van der Waals surface area (Å²) in [4.78, 5) is 20.8. The normalized spacial score (nSPS) is 12.9. The molecule has 2 heterocycles. The van der Waals surface area contributed by atoms with Crippen molar-refractivity contribution in [2.24, 2.45) is 4.99 Å². The summed E-state index contributed by atoms with van der Waals surface area (Å²) in [6.07, 6.45) is 0. The largest absolute Gasteiger partial charge is 0.492 e. The Balaban J connectivity index is 1.76. The third-order valence-corrected chi connectivity index (χ3v) is 4.73. The van der Waals surface area contributed by atoms with E-state index < -0.39 is 0 Å². The molecule has 2 aromatic carbocycles. The van der Waals surface area contributed by atoms with Crippen LogP contribution in [0.25, 0.3) is 5.57 Å². The van der Waals surface area contributed by atoms with Gasteiger partial charge in [0.25, 0.3) is 5.91 Å². The molecule has 1 aliphatic heterocycles. The van der Waals surface area contributed by atoms with Gasteiger partial charge < -0.3 is 10.4 Å². The van der Waals surface area contributed by atoms with Gasteiger partial charge in [-0.2, -0.15) is 4.98 Å². The predicted molar refractivity (Wildman–Crippen MR) is 93.0 cm³/mol. The molecule has 0 bridgehead atoms. The van der Waals surface area contributed by atoms with Crippen LogP contribution >= 0.6 is 11.3 Å². The molecule has 1 amide bonds. The molecule has 0 atom stereocenters. The first-order valence-electron chi connectivity index (χ1n) is 7.38. The second kappa shape index (κ2) is 5.58. The van der Waals surface area contributed by atoms with Gasteiger partial charge in [-0.15, -0.1) is 0 Å². The van der Waals surface area contributed by atoms with Crippen molar-refractivity contribution in [3.05, 3.63) is 69.5 Å². The summed E-state index contributed by atoms with van der Waals surface area (Å²) in [6.45, 7) is 2.01. The molecule has 4 rings (SSSR count). The number of fused-ring (bicyclic) bond motifs is 1. The first-order valence-corrected chi connectivity index (χ1v) is 8.20. The van der Waals surface area contributed by atoms with Gasteiger partial charge in [-0.3, -0.25) is 4.79 Å². The van der Waals surface area contributed by atoms with Crippen LogP contribution in [0.15, 0.2) is 53.5 Å². The molecule has 1 aliphatic rings. The smallest absolute Gasteiger partial charge is 0.279 e. The lowest BCUT2D eigenvalue weighted by molar-refractivity contribution is -0.112. The monoisotopic (exact) mass is 335 g/mol. The highest BCUT2D eigenvalue weighted by Crippen LogP contribution is 2.35. The molecule has 6 heteroatoms. The molecular weight excluding hydrogens is 322 g/mol. The Morgan fingerprint density at radius 3 is 2.62 bits per heavy atom. The van der Waals surface area contributed by atoms with E-state index in [4.69, 9.17) is 0 Å². The SMILES string of the molecule is Cc1ccc(Nc2nc(O)c(C3=c4ccccc4=NC3=O)s2)cc1. The van der Waals surface area contributed by atoms with E-state index in [9.17, 15) is 9.90 Å². The quantitative estimate of drug-likeness (QED) is 0.770. The average molecular weight is 335 g/mol. The molecule has 0 unspecified atom stereocenters. The van der Waals surface area contributed by atoms with Gasteiger partial charge in [-0.25, -0.2) is 4.99 Å². The Labute approximate surface area is 141 Å². The summed E-state index contributed by atoms with van der Waals surface area (Å²) in [7, 11) is 0. The van der Waals surface area contributed by atoms with Crippen molar-refractivity contribution < 1.29 is 9.90 Å². The summed E-state index contributed by atoms with van der Waals surface area (Å²) < 4.78 is 0. The number of hydrogen-bond acceptors (Lipinski definition) is 5. The number of carbonyl (C=O) groups excluding carboxylic acids is 1.